The molecule has 0 aromatic carbocycles. The third kappa shape index (κ3) is 5.02. The van der Waals surface area contributed by atoms with Crippen molar-refractivity contribution in [2.24, 2.45) is 28.7 Å². The molecule has 4 unspecified atom stereocenters. The van der Waals surface area contributed by atoms with Gasteiger partial charge in [-0.3, -0.25) is 24.3 Å². The zero-order chi connectivity index (χ0) is 21.5. The lowest BCUT2D eigenvalue weighted by Crippen LogP contribution is -2.43. The third-order valence-electron chi connectivity index (χ3n) is 6.32. The maximum atomic E-state index is 12.7. The number of nitrogens with zero attached hydrogens (tertiary/aromatic N) is 2. The number of rotatable bonds is 11. The Balaban J connectivity index is 1.28. The molecule has 166 valence electrons. The van der Waals surface area contributed by atoms with Crippen LogP contribution in [-0.2, 0) is 19.1 Å². The van der Waals surface area contributed by atoms with E-state index >= 15 is 0 Å². The number of carbonyl (C=O) groups is 3. The molecule has 3 aliphatic rings. The van der Waals surface area contributed by atoms with Gasteiger partial charge in [-0.15, -0.1) is 0 Å². The zero-order valence-electron chi connectivity index (χ0n) is 18.1. The van der Waals surface area contributed by atoms with Crippen LogP contribution < -0.4 is 10.6 Å². The quantitative estimate of drug-likeness (QED) is 0.132. The van der Waals surface area contributed by atoms with E-state index < -0.39 is 0 Å². The molecule has 1 saturated heterocycles. The first-order valence-electron chi connectivity index (χ1n) is 11.2. The highest BCUT2D eigenvalue weighted by Crippen LogP contribution is 2.52. The number of imide groups is 1. The number of esters is 1. The molecule has 2 aliphatic carbocycles. The largest absolute Gasteiger partial charge is 0.466 e. The second kappa shape index (κ2) is 10.6. The summed E-state index contributed by atoms with van der Waals surface area (Å²) in [6, 6.07) is 0. The van der Waals surface area contributed by atoms with Crippen LogP contribution in [0.15, 0.2) is 17.1 Å². The van der Waals surface area contributed by atoms with Gasteiger partial charge in [-0.1, -0.05) is 25.0 Å². The van der Waals surface area contributed by atoms with E-state index in [2.05, 4.69) is 27.8 Å². The van der Waals surface area contributed by atoms with Crippen LogP contribution in [0.1, 0.15) is 45.4 Å². The smallest absolute Gasteiger partial charge is 0.305 e. The number of carbonyl (C=O) groups excluding carboxylic acids is 3. The van der Waals surface area contributed by atoms with Crippen molar-refractivity contribution in [3.8, 4) is 0 Å². The van der Waals surface area contributed by atoms with Crippen molar-refractivity contribution in [2.45, 2.75) is 45.4 Å². The Kier molecular flexibility index (Phi) is 7.87. The number of hydrogen-bond donors (Lipinski definition) is 2. The summed E-state index contributed by atoms with van der Waals surface area (Å²) in [5, 5.41) is 6.44. The summed E-state index contributed by atoms with van der Waals surface area (Å²) in [7, 11) is 1.70. The molecule has 0 radical (unpaired) electrons. The standard InChI is InChI=1S/C22H34N4O4/c1-3-30-17(27)8-6-4-5-7-11-24-22(23-2)25-12-13-26-20(28)18-15-9-10-16(14-15)19(18)21(26)29/h9-10,15-16,18-19H,3-8,11-14H2,1-2H3,(H2,23,24,25). The molecular weight excluding hydrogens is 384 g/mol. The molecular formula is C22H34N4O4. The third-order valence-corrected chi connectivity index (χ3v) is 6.32. The van der Waals surface area contributed by atoms with Crippen molar-refractivity contribution in [2.75, 3.05) is 33.3 Å². The zero-order valence-corrected chi connectivity index (χ0v) is 18.1. The lowest BCUT2D eigenvalue weighted by Gasteiger charge is -2.18. The lowest BCUT2D eigenvalue weighted by molar-refractivity contribution is -0.143. The van der Waals surface area contributed by atoms with E-state index in [9.17, 15) is 14.4 Å². The molecule has 3 rings (SSSR count). The van der Waals surface area contributed by atoms with E-state index in [1.807, 2.05) is 6.92 Å². The predicted octanol–water partition coefficient (Wildman–Crippen LogP) is 1.47. The van der Waals surface area contributed by atoms with Crippen LogP contribution >= 0.6 is 0 Å². The topological polar surface area (TPSA) is 100 Å². The maximum absolute atomic E-state index is 12.7. The second-order valence-corrected chi connectivity index (χ2v) is 8.22. The molecule has 8 heteroatoms. The van der Waals surface area contributed by atoms with Gasteiger partial charge in [0.2, 0.25) is 11.8 Å². The Labute approximate surface area is 178 Å². The number of ether oxygens (including phenoxy) is 1. The van der Waals surface area contributed by atoms with E-state index in [0.29, 0.717) is 32.1 Å². The van der Waals surface area contributed by atoms with Gasteiger partial charge in [-0.05, 0) is 38.0 Å². The van der Waals surface area contributed by atoms with Gasteiger partial charge in [0.25, 0.3) is 0 Å². The van der Waals surface area contributed by atoms with Crippen LogP contribution in [0, 0.1) is 23.7 Å². The summed E-state index contributed by atoms with van der Waals surface area (Å²) in [4.78, 5) is 42.3. The normalized spacial score (nSPS) is 27.0. The summed E-state index contributed by atoms with van der Waals surface area (Å²) in [6.45, 7) is 3.89. The van der Waals surface area contributed by atoms with Crippen molar-refractivity contribution < 1.29 is 19.1 Å². The number of fused-ring (bicyclic) bond motifs is 5. The average Bonchev–Trinajstić information content (AvgIpc) is 3.41. The summed E-state index contributed by atoms with van der Waals surface area (Å²) in [5.41, 5.74) is 0. The predicted molar refractivity (Wildman–Crippen MR) is 114 cm³/mol. The molecule has 1 aliphatic heterocycles. The van der Waals surface area contributed by atoms with E-state index in [4.69, 9.17) is 4.74 Å². The summed E-state index contributed by atoms with van der Waals surface area (Å²) in [6.07, 6.45) is 9.51. The Hall–Kier alpha value is -2.38. The van der Waals surface area contributed by atoms with E-state index in [1.54, 1.807) is 7.05 Å². The van der Waals surface area contributed by atoms with Crippen LogP contribution in [-0.4, -0.2) is 61.9 Å². The van der Waals surface area contributed by atoms with Gasteiger partial charge >= 0.3 is 5.97 Å². The number of likely N-dealkylation sites (tertiary alicyclic amines) is 1. The number of aliphatic imine (C=N–C) groups is 1. The Morgan fingerprint density at radius 1 is 1.07 bits per heavy atom. The fourth-order valence-electron chi connectivity index (χ4n) is 4.88. The Morgan fingerprint density at radius 3 is 2.33 bits per heavy atom. The molecule has 2 N–H and O–H groups in total. The minimum absolute atomic E-state index is 0.00517. The number of allylic oxidation sites excluding steroid dienone is 2. The maximum Gasteiger partial charge on any atom is 0.305 e. The molecule has 0 aromatic rings. The summed E-state index contributed by atoms with van der Waals surface area (Å²) in [5.74, 6) is 0.777. The Morgan fingerprint density at radius 2 is 1.70 bits per heavy atom. The van der Waals surface area contributed by atoms with Crippen molar-refractivity contribution in [3.05, 3.63) is 12.2 Å². The molecule has 2 fully saturated rings. The SMILES string of the molecule is CCOC(=O)CCCCCCNC(=NC)NCCN1C(=O)C2C3C=CC(C3)C2C1=O. The van der Waals surface area contributed by atoms with Gasteiger partial charge < -0.3 is 15.4 Å². The minimum Gasteiger partial charge on any atom is -0.466 e. The first kappa shape index (κ1) is 22.3. The highest BCUT2D eigenvalue weighted by Gasteiger charge is 2.58. The van der Waals surface area contributed by atoms with Crippen LogP contribution in [0.3, 0.4) is 0 Å². The minimum atomic E-state index is -0.131. The van der Waals surface area contributed by atoms with Crippen LogP contribution in [0.5, 0.6) is 0 Å². The van der Waals surface area contributed by atoms with E-state index in [-0.39, 0.29) is 41.5 Å². The number of guanidine groups is 1. The van der Waals surface area contributed by atoms with Gasteiger partial charge in [0.1, 0.15) is 0 Å². The highest BCUT2D eigenvalue weighted by atomic mass is 16.5. The van der Waals surface area contributed by atoms with Crippen LogP contribution in [0.4, 0.5) is 0 Å². The van der Waals surface area contributed by atoms with Gasteiger partial charge in [0.15, 0.2) is 5.96 Å². The van der Waals surface area contributed by atoms with Crippen molar-refractivity contribution in [1.82, 2.24) is 15.5 Å². The molecule has 2 amide bonds. The van der Waals surface area contributed by atoms with Crippen LogP contribution in [0.25, 0.3) is 0 Å². The first-order valence-corrected chi connectivity index (χ1v) is 11.2. The molecule has 1 heterocycles. The second-order valence-electron chi connectivity index (χ2n) is 8.22. The molecule has 0 spiro atoms. The molecule has 8 nitrogen and oxygen atoms in total. The van der Waals surface area contributed by atoms with Gasteiger partial charge in [0, 0.05) is 33.1 Å². The Bertz CT molecular complexity index is 675. The number of amides is 2. The lowest BCUT2D eigenvalue weighted by atomic mass is 9.85. The highest BCUT2D eigenvalue weighted by molar-refractivity contribution is 6.06. The van der Waals surface area contributed by atoms with Gasteiger partial charge in [-0.25, -0.2) is 0 Å². The fourth-order valence-corrected chi connectivity index (χ4v) is 4.88. The summed E-state index contributed by atoms with van der Waals surface area (Å²) >= 11 is 0. The van der Waals surface area contributed by atoms with Crippen molar-refractivity contribution >= 4 is 23.7 Å². The molecule has 30 heavy (non-hydrogen) atoms. The first-order chi connectivity index (χ1) is 14.6. The molecule has 2 bridgehead atoms. The number of nitrogens with one attached hydrogen (secondary N) is 2. The monoisotopic (exact) mass is 418 g/mol. The number of hydrogen-bond acceptors (Lipinski definition) is 5. The molecule has 4 atom stereocenters. The van der Waals surface area contributed by atoms with Crippen molar-refractivity contribution in [1.29, 1.82) is 0 Å². The van der Waals surface area contributed by atoms with Gasteiger partial charge in [-0.2, -0.15) is 0 Å². The van der Waals surface area contributed by atoms with Crippen LogP contribution in [0.2, 0.25) is 0 Å². The average molecular weight is 419 g/mol. The van der Waals surface area contributed by atoms with E-state index in [1.165, 1.54) is 4.90 Å². The van der Waals surface area contributed by atoms with Crippen molar-refractivity contribution in [3.63, 3.8) is 0 Å². The molecule has 1 saturated carbocycles. The molecule has 0 aromatic heterocycles. The summed E-state index contributed by atoms with van der Waals surface area (Å²) < 4.78 is 4.91. The fraction of sp³-hybridized carbons (Fsp3) is 0.727. The van der Waals surface area contributed by atoms with E-state index in [0.717, 1.165) is 38.6 Å². The van der Waals surface area contributed by atoms with Gasteiger partial charge in [0.05, 0.1) is 18.4 Å². The number of unbranched alkanes of at least 4 members (excludes halogenated alkanes) is 3.